The van der Waals surface area contributed by atoms with Gasteiger partial charge < -0.3 is 0 Å². The van der Waals surface area contributed by atoms with E-state index in [4.69, 9.17) is 0 Å². The van der Waals surface area contributed by atoms with E-state index in [1.54, 1.807) is 43.2 Å². The maximum Gasteiger partial charge on any atom is 0.451 e. The summed E-state index contributed by atoms with van der Waals surface area (Å²) < 4.78 is 39.0. The lowest BCUT2D eigenvalue weighted by atomic mass is 10.1. The zero-order chi connectivity index (χ0) is 19.8. The van der Waals surface area contributed by atoms with Crippen molar-refractivity contribution in [3.8, 4) is 5.69 Å². The Morgan fingerprint density at radius 2 is 1.81 bits per heavy atom. The van der Waals surface area contributed by atoms with Crippen molar-refractivity contribution >= 4 is 17.6 Å². The van der Waals surface area contributed by atoms with Gasteiger partial charge in [0.05, 0.1) is 22.6 Å². The molecule has 0 aliphatic heterocycles. The molecule has 3 aromatic rings. The Kier molecular flexibility index (Phi) is 4.52. The van der Waals surface area contributed by atoms with E-state index in [-0.39, 0.29) is 5.56 Å². The van der Waals surface area contributed by atoms with Gasteiger partial charge in [0.15, 0.2) is 0 Å². The predicted molar refractivity (Wildman–Crippen MR) is 87.4 cm³/mol. The number of Topliss-reactive ketones (excluding diaryl/α,β-unsaturated/α-hetero) is 1. The van der Waals surface area contributed by atoms with E-state index in [2.05, 4.69) is 15.2 Å². The van der Waals surface area contributed by atoms with Crippen molar-refractivity contribution in [2.24, 2.45) is 0 Å². The lowest BCUT2D eigenvalue weighted by molar-refractivity contribution is -0.144. The third-order valence-electron chi connectivity index (χ3n) is 3.70. The number of carbonyl (C=O) groups excluding carboxylic acids is 2. The van der Waals surface area contributed by atoms with Gasteiger partial charge in [-0.1, -0.05) is 18.2 Å². The fraction of sp³-hybridized carbons (Fsp3) is 0.188. The van der Waals surface area contributed by atoms with Crippen molar-refractivity contribution in [1.29, 1.82) is 0 Å². The normalized spacial score (nSPS) is 11.4. The highest BCUT2D eigenvalue weighted by Crippen LogP contribution is 2.26. The molecular formula is C16H13F3N6O2. The van der Waals surface area contributed by atoms with Gasteiger partial charge in [0.25, 0.3) is 11.7 Å². The molecule has 0 bridgehead atoms. The van der Waals surface area contributed by atoms with Gasteiger partial charge in [0.1, 0.15) is 0 Å². The summed E-state index contributed by atoms with van der Waals surface area (Å²) in [5, 5.41) is 11.1. The van der Waals surface area contributed by atoms with Crippen LogP contribution in [-0.2, 0) is 11.0 Å². The molecule has 11 heteroatoms. The Labute approximate surface area is 150 Å². The fourth-order valence-corrected chi connectivity index (χ4v) is 2.51. The van der Waals surface area contributed by atoms with Gasteiger partial charge in [0, 0.05) is 0 Å². The molecule has 0 saturated heterocycles. The van der Waals surface area contributed by atoms with Crippen molar-refractivity contribution in [1.82, 2.24) is 25.0 Å². The highest BCUT2D eigenvalue weighted by Gasteiger charge is 2.35. The van der Waals surface area contributed by atoms with Crippen molar-refractivity contribution in [3.63, 3.8) is 0 Å². The molecule has 0 spiro atoms. The number of alkyl halides is 3. The van der Waals surface area contributed by atoms with Gasteiger partial charge in [0.2, 0.25) is 11.8 Å². The van der Waals surface area contributed by atoms with Crippen molar-refractivity contribution in [2.75, 3.05) is 5.32 Å². The molecule has 0 unspecified atom stereocenters. The topological polar surface area (TPSA) is 106 Å². The Morgan fingerprint density at radius 1 is 1.15 bits per heavy atom. The molecule has 0 atom stereocenters. The highest BCUT2D eigenvalue weighted by atomic mass is 19.4. The second kappa shape index (κ2) is 6.67. The lowest BCUT2D eigenvalue weighted by Crippen LogP contribution is -2.24. The molecule has 1 amide bonds. The van der Waals surface area contributed by atoms with Crippen LogP contribution in [0.5, 0.6) is 0 Å². The van der Waals surface area contributed by atoms with Crippen LogP contribution in [0, 0.1) is 13.8 Å². The number of hydrogen-bond acceptors (Lipinski definition) is 5. The van der Waals surface area contributed by atoms with E-state index >= 15 is 0 Å². The number of H-pyrrole nitrogens is 1. The summed E-state index contributed by atoms with van der Waals surface area (Å²) in [4.78, 5) is 27.7. The molecule has 2 aromatic heterocycles. The Bertz CT molecular complexity index is 1010. The first kappa shape index (κ1) is 18.3. The molecular weight excluding hydrogens is 365 g/mol. The number of benzene rings is 1. The molecule has 0 radical (unpaired) electrons. The van der Waals surface area contributed by atoms with Crippen LogP contribution in [-0.4, -0.2) is 36.7 Å². The minimum Gasteiger partial charge on any atom is -0.286 e. The summed E-state index contributed by atoms with van der Waals surface area (Å²) in [7, 11) is 0. The summed E-state index contributed by atoms with van der Waals surface area (Å²) in [6.45, 7) is 3.17. The lowest BCUT2D eigenvalue weighted by Gasteiger charge is -2.04. The molecule has 3 rings (SSSR count). The number of amides is 1. The van der Waals surface area contributed by atoms with Crippen molar-refractivity contribution in [3.05, 3.63) is 53.1 Å². The van der Waals surface area contributed by atoms with E-state index < -0.39 is 29.6 Å². The molecule has 27 heavy (non-hydrogen) atoms. The molecule has 140 valence electrons. The number of nitrogens with one attached hydrogen (secondary N) is 2. The van der Waals surface area contributed by atoms with E-state index in [1.165, 1.54) is 4.68 Å². The van der Waals surface area contributed by atoms with Gasteiger partial charge in [-0.05, 0) is 26.0 Å². The molecule has 0 saturated carbocycles. The van der Waals surface area contributed by atoms with E-state index in [9.17, 15) is 22.8 Å². The maximum atomic E-state index is 12.5. The van der Waals surface area contributed by atoms with Crippen LogP contribution in [0.2, 0.25) is 0 Å². The highest BCUT2D eigenvalue weighted by molar-refractivity contribution is 6.46. The molecule has 8 nitrogen and oxygen atoms in total. The number of halogens is 3. The second-order valence-corrected chi connectivity index (χ2v) is 5.58. The average Bonchev–Trinajstić information content (AvgIpc) is 3.19. The molecule has 1 aromatic carbocycles. The van der Waals surface area contributed by atoms with Crippen molar-refractivity contribution in [2.45, 2.75) is 20.0 Å². The van der Waals surface area contributed by atoms with Crippen LogP contribution in [0.1, 0.15) is 27.6 Å². The first-order chi connectivity index (χ1) is 12.7. The van der Waals surface area contributed by atoms with Crippen LogP contribution < -0.4 is 5.32 Å². The number of anilines is 1. The van der Waals surface area contributed by atoms with Crippen LogP contribution in [0.3, 0.4) is 0 Å². The third-order valence-corrected chi connectivity index (χ3v) is 3.70. The van der Waals surface area contributed by atoms with Gasteiger partial charge in [-0.3, -0.25) is 20.0 Å². The van der Waals surface area contributed by atoms with Gasteiger partial charge in [-0.15, -0.1) is 5.10 Å². The molecule has 2 heterocycles. The second-order valence-electron chi connectivity index (χ2n) is 5.58. The smallest absolute Gasteiger partial charge is 0.286 e. The third kappa shape index (κ3) is 3.57. The Balaban J connectivity index is 1.85. The number of aromatic nitrogens is 5. The number of nitrogens with zero attached hydrogens (tertiary/aromatic N) is 4. The number of para-hydroxylation sites is 1. The minimum atomic E-state index is -4.75. The first-order valence-corrected chi connectivity index (χ1v) is 7.65. The molecule has 0 aliphatic rings. The molecule has 0 aliphatic carbocycles. The number of carbonyl (C=O) groups is 2. The Morgan fingerprint density at radius 3 is 2.41 bits per heavy atom. The van der Waals surface area contributed by atoms with E-state index in [0.29, 0.717) is 17.1 Å². The van der Waals surface area contributed by atoms with Gasteiger partial charge >= 0.3 is 6.18 Å². The van der Waals surface area contributed by atoms with Crippen LogP contribution in [0.15, 0.2) is 30.3 Å². The monoisotopic (exact) mass is 378 g/mol. The van der Waals surface area contributed by atoms with Gasteiger partial charge in [-0.2, -0.15) is 23.3 Å². The summed E-state index contributed by atoms with van der Waals surface area (Å²) in [6.07, 6.45) is -4.75. The number of aryl methyl sites for hydroxylation is 1. The SMILES string of the molecule is Cc1nn(-c2ccccc2)c(C)c1C(=O)C(=O)Nc1n[nH]c(C(F)(F)F)n1. The fourth-order valence-electron chi connectivity index (χ4n) is 2.51. The summed E-state index contributed by atoms with van der Waals surface area (Å²) in [5.74, 6) is -4.15. The van der Waals surface area contributed by atoms with E-state index in [0.717, 1.165) is 0 Å². The quantitative estimate of drug-likeness (QED) is 0.536. The largest absolute Gasteiger partial charge is 0.451 e. The molecule has 2 N–H and O–H groups in total. The van der Waals surface area contributed by atoms with Crippen LogP contribution in [0.25, 0.3) is 5.69 Å². The van der Waals surface area contributed by atoms with Crippen molar-refractivity contribution < 1.29 is 22.8 Å². The van der Waals surface area contributed by atoms with E-state index in [1.807, 2.05) is 11.4 Å². The van der Waals surface area contributed by atoms with Gasteiger partial charge in [-0.25, -0.2) is 4.68 Å². The first-order valence-electron chi connectivity index (χ1n) is 7.65. The summed E-state index contributed by atoms with van der Waals surface area (Å²) >= 11 is 0. The van der Waals surface area contributed by atoms with Crippen LogP contribution in [0.4, 0.5) is 19.1 Å². The number of hydrogen-bond donors (Lipinski definition) is 2. The predicted octanol–water partition coefficient (Wildman–Crippen LogP) is 2.45. The zero-order valence-corrected chi connectivity index (χ0v) is 14.1. The standard InChI is InChI=1S/C16H13F3N6O2/c1-8-11(9(2)25(24-8)10-6-4-3-5-7-10)12(26)13(27)20-15-21-14(22-23-15)16(17,18)19/h3-7H,1-2H3,(H2,20,21,22,23,27). The maximum absolute atomic E-state index is 12.5. The van der Waals surface area contributed by atoms with Crippen LogP contribution >= 0.6 is 0 Å². The Hall–Kier alpha value is -3.50. The number of aromatic amines is 1. The summed E-state index contributed by atoms with van der Waals surface area (Å²) in [6, 6.07) is 8.96. The summed E-state index contributed by atoms with van der Waals surface area (Å²) in [5.41, 5.74) is 1.48. The minimum absolute atomic E-state index is 0.0583. The molecule has 0 fully saturated rings. The number of ketones is 1. The number of rotatable bonds is 4. The zero-order valence-electron chi connectivity index (χ0n) is 14.1. The average molecular weight is 378 g/mol.